The van der Waals surface area contributed by atoms with Gasteiger partial charge in [-0.15, -0.1) is 0 Å². The normalized spacial score (nSPS) is 23.3. The van der Waals surface area contributed by atoms with Crippen LogP contribution in [0.1, 0.15) is 22.5 Å². The first-order valence-corrected chi connectivity index (χ1v) is 10.2. The second-order valence-electron chi connectivity index (χ2n) is 6.87. The Balaban J connectivity index is 1.62. The summed E-state index contributed by atoms with van der Waals surface area (Å²) in [7, 11) is 0. The van der Waals surface area contributed by atoms with Crippen LogP contribution < -0.4 is 15.8 Å². The number of nitrogens with one attached hydrogen (secondary N) is 1. The monoisotopic (exact) mass is 435 g/mol. The third-order valence-electron chi connectivity index (χ3n) is 5.10. The van der Waals surface area contributed by atoms with Crippen LogP contribution in [0, 0.1) is 11.7 Å². The fourth-order valence-corrected chi connectivity index (χ4v) is 4.66. The molecule has 1 aromatic carbocycles. The number of anilines is 1. The van der Waals surface area contributed by atoms with Crippen molar-refractivity contribution < 1.29 is 23.0 Å². The molecule has 0 bridgehead atoms. The molecule has 2 atom stereocenters. The Morgan fingerprint density at radius 2 is 2.27 bits per heavy atom. The van der Waals surface area contributed by atoms with Crippen molar-refractivity contribution in [2.75, 3.05) is 31.1 Å². The number of nitrogens with two attached hydrogens (primary N) is 1. The molecule has 0 spiro atoms. The van der Waals surface area contributed by atoms with Gasteiger partial charge in [-0.05, 0) is 24.6 Å². The zero-order valence-corrected chi connectivity index (χ0v) is 16.6. The standard InChI is InChI=1S/C19H19F2N5O3S/c20-10-29-16-7-23-15(6-24-16)17(27)25-12-1-2-14(21)13(5-12)19-9-28-4-3-11(19)8-30-18(22)26-19/h1-2,5-7,11H,3-4,8-10H2,(H2,22,26)(H,25,27)/t11-,19-/m0/s1. The van der Waals surface area contributed by atoms with Crippen LogP contribution in [0.25, 0.3) is 0 Å². The van der Waals surface area contributed by atoms with Gasteiger partial charge in [-0.3, -0.25) is 4.79 Å². The number of rotatable bonds is 5. The largest absolute Gasteiger partial charge is 0.445 e. The van der Waals surface area contributed by atoms with Crippen molar-refractivity contribution in [2.24, 2.45) is 16.6 Å². The highest BCUT2D eigenvalue weighted by atomic mass is 32.2. The van der Waals surface area contributed by atoms with Crippen molar-refractivity contribution in [2.45, 2.75) is 12.0 Å². The molecule has 2 aliphatic rings. The van der Waals surface area contributed by atoms with E-state index in [1.165, 1.54) is 23.9 Å². The fourth-order valence-electron chi connectivity index (χ4n) is 3.62. The summed E-state index contributed by atoms with van der Waals surface area (Å²) in [5.41, 5.74) is 5.73. The molecule has 1 aromatic heterocycles. The topological polar surface area (TPSA) is 112 Å². The van der Waals surface area contributed by atoms with Gasteiger partial charge in [0.2, 0.25) is 12.7 Å². The number of ether oxygens (including phenoxy) is 2. The van der Waals surface area contributed by atoms with Crippen molar-refractivity contribution >= 4 is 28.5 Å². The lowest BCUT2D eigenvalue weighted by Crippen LogP contribution is -2.48. The minimum absolute atomic E-state index is 0.000421. The van der Waals surface area contributed by atoms with E-state index in [2.05, 4.69) is 25.0 Å². The van der Waals surface area contributed by atoms with E-state index < -0.39 is 24.1 Å². The van der Waals surface area contributed by atoms with Crippen LogP contribution in [-0.4, -0.2) is 46.9 Å². The maximum atomic E-state index is 14.9. The molecule has 0 unspecified atom stereocenters. The van der Waals surface area contributed by atoms with Crippen molar-refractivity contribution in [3.05, 3.63) is 47.7 Å². The van der Waals surface area contributed by atoms with Gasteiger partial charge in [0, 0.05) is 29.5 Å². The fraction of sp³-hybridized carbons (Fsp3) is 0.368. The molecule has 0 saturated carbocycles. The minimum Gasteiger partial charge on any atom is -0.445 e. The van der Waals surface area contributed by atoms with Crippen LogP contribution in [0.15, 0.2) is 35.6 Å². The Morgan fingerprint density at radius 3 is 3.03 bits per heavy atom. The quantitative estimate of drug-likeness (QED) is 0.742. The molecule has 2 aliphatic heterocycles. The Kier molecular flexibility index (Phi) is 5.82. The number of hydrogen-bond acceptors (Lipinski definition) is 8. The number of aliphatic imine (C=N–C) groups is 1. The zero-order valence-electron chi connectivity index (χ0n) is 15.8. The molecule has 4 rings (SSSR count). The Bertz CT molecular complexity index is 975. The van der Waals surface area contributed by atoms with Crippen molar-refractivity contribution in [3.63, 3.8) is 0 Å². The lowest BCUT2D eigenvalue weighted by atomic mass is 9.76. The Hall–Kier alpha value is -2.79. The van der Waals surface area contributed by atoms with E-state index in [0.717, 1.165) is 24.6 Å². The van der Waals surface area contributed by atoms with E-state index >= 15 is 0 Å². The number of amides is 1. The lowest BCUT2D eigenvalue weighted by Gasteiger charge is -2.43. The van der Waals surface area contributed by atoms with E-state index in [0.29, 0.717) is 23.0 Å². The molecule has 158 valence electrons. The highest BCUT2D eigenvalue weighted by Crippen LogP contribution is 2.45. The van der Waals surface area contributed by atoms with Crippen LogP contribution in [0.2, 0.25) is 0 Å². The van der Waals surface area contributed by atoms with E-state index in [1.807, 2.05) is 0 Å². The van der Waals surface area contributed by atoms with Gasteiger partial charge in [0.25, 0.3) is 5.91 Å². The third kappa shape index (κ3) is 3.94. The molecule has 0 aliphatic carbocycles. The molecule has 11 heteroatoms. The van der Waals surface area contributed by atoms with Crippen molar-refractivity contribution in [1.82, 2.24) is 9.97 Å². The van der Waals surface area contributed by atoms with Crippen LogP contribution >= 0.6 is 11.8 Å². The smallest absolute Gasteiger partial charge is 0.275 e. The SMILES string of the molecule is NC1=N[C@@]2(c3cc(NC(=O)c4cnc(OCF)cn4)ccc3F)COCC[C@H]2CS1. The van der Waals surface area contributed by atoms with Gasteiger partial charge in [0.05, 0.1) is 19.0 Å². The summed E-state index contributed by atoms with van der Waals surface area (Å²) in [4.78, 5) is 24.8. The number of benzene rings is 1. The van der Waals surface area contributed by atoms with Gasteiger partial charge in [-0.2, -0.15) is 0 Å². The maximum absolute atomic E-state index is 14.9. The first kappa shape index (κ1) is 20.5. The first-order valence-electron chi connectivity index (χ1n) is 9.20. The highest BCUT2D eigenvalue weighted by Gasteiger charge is 2.47. The molecule has 0 radical (unpaired) electrons. The summed E-state index contributed by atoms with van der Waals surface area (Å²) in [6, 6.07) is 4.28. The number of fused-ring (bicyclic) bond motifs is 1. The average Bonchev–Trinajstić information content (AvgIpc) is 2.75. The van der Waals surface area contributed by atoms with Crippen LogP contribution in [-0.2, 0) is 10.3 Å². The number of aromatic nitrogens is 2. The van der Waals surface area contributed by atoms with E-state index in [-0.39, 0.29) is 24.1 Å². The number of thioether (sulfide) groups is 1. The predicted octanol–water partition coefficient (Wildman–Crippen LogP) is 2.47. The van der Waals surface area contributed by atoms with Crippen molar-refractivity contribution in [1.29, 1.82) is 0 Å². The highest BCUT2D eigenvalue weighted by molar-refractivity contribution is 8.13. The maximum Gasteiger partial charge on any atom is 0.275 e. The van der Waals surface area contributed by atoms with Gasteiger partial charge >= 0.3 is 0 Å². The summed E-state index contributed by atoms with van der Waals surface area (Å²) < 4.78 is 37.2. The number of amidine groups is 1. The summed E-state index contributed by atoms with van der Waals surface area (Å²) in [6.07, 6.45) is 3.05. The van der Waals surface area contributed by atoms with Gasteiger partial charge in [0.1, 0.15) is 17.1 Å². The number of nitrogens with zero attached hydrogens (tertiary/aromatic N) is 3. The summed E-state index contributed by atoms with van der Waals surface area (Å²) >= 11 is 1.45. The van der Waals surface area contributed by atoms with E-state index in [9.17, 15) is 13.6 Å². The van der Waals surface area contributed by atoms with Gasteiger partial charge in [-0.25, -0.2) is 23.7 Å². The summed E-state index contributed by atoms with van der Waals surface area (Å²) in [5, 5.41) is 3.06. The Labute approximate surface area is 175 Å². The molecule has 1 saturated heterocycles. The van der Waals surface area contributed by atoms with Crippen molar-refractivity contribution in [3.8, 4) is 5.88 Å². The minimum atomic E-state index is -1.05. The third-order valence-corrected chi connectivity index (χ3v) is 6.06. The van der Waals surface area contributed by atoms with E-state index in [1.54, 1.807) is 6.07 Å². The molecular formula is C19H19F2N5O3S. The number of halogens is 2. The molecule has 2 aromatic rings. The zero-order chi connectivity index (χ0) is 21.1. The number of alkyl halides is 1. The molecule has 1 amide bonds. The number of hydrogen-bond donors (Lipinski definition) is 2. The average molecular weight is 435 g/mol. The molecule has 30 heavy (non-hydrogen) atoms. The molecule has 3 heterocycles. The van der Waals surface area contributed by atoms with Gasteiger partial charge in [0.15, 0.2) is 5.17 Å². The van der Waals surface area contributed by atoms with Crippen LogP contribution in [0.4, 0.5) is 14.5 Å². The molecule has 1 fully saturated rings. The first-order chi connectivity index (χ1) is 14.5. The van der Waals surface area contributed by atoms with Gasteiger partial charge in [-0.1, -0.05) is 11.8 Å². The predicted molar refractivity (Wildman–Crippen MR) is 108 cm³/mol. The Morgan fingerprint density at radius 1 is 1.40 bits per heavy atom. The number of carbonyl (C=O) groups is 1. The van der Waals surface area contributed by atoms with E-state index in [4.69, 9.17) is 10.5 Å². The lowest BCUT2D eigenvalue weighted by molar-refractivity contribution is 0.00304. The summed E-state index contributed by atoms with van der Waals surface area (Å²) in [6.45, 7) is -0.244. The summed E-state index contributed by atoms with van der Waals surface area (Å²) in [5.74, 6) is -0.246. The van der Waals surface area contributed by atoms with Crippen LogP contribution in [0.5, 0.6) is 5.88 Å². The van der Waals surface area contributed by atoms with Gasteiger partial charge < -0.3 is 20.5 Å². The molecular weight excluding hydrogens is 416 g/mol. The second-order valence-corrected chi connectivity index (χ2v) is 7.91. The van der Waals surface area contributed by atoms with Crippen LogP contribution in [0.3, 0.4) is 0 Å². The molecule has 3 N–H and O–H groups in total. The molecule has 8 nitrogen and oxygen atoms in total. The second kappa shape index (κ2) is 8.52. The number of carbonyl (C=O) groups excluding carboxylic acids is 1.